The minimum absolute atomic E-state index is 0.348. The molecule has 3 N–H and O–H groups in total. The van der Waals surface area contributed by atoms with Crippen molar-refractivity contribution in [3.8, 4) is 0 Å². The SMILES string of the molecule is COC(=O)[C@H](Cc1ccccc1)NC(=O)[C@@H](N)c1ccccc1. The van der Waals surface area contributed by atoms with Crippen LogP contribution < -0.4 is 11.1 Å². The molecule has 120 valence electrons. The third kappa shape index (κ3) is 4.66. The van der Waals surface area contributed by atoms with E-state index in [9.17, 15) is 9.59 Å². The molecule has 5 nitrogen and oxygen atoms in total. The van der Waals surface area contributed by atoms with Crippen LogP contribution in [-0.4, -0.2) is 25.0 Å². The highest BCUT2D eigenvalue weighted by Gasteiger charge is 2.25. The van der Waals surface area contributed by atoms with Crippen LogP contribution in [0, 0.1) is 0 Å². The van der Waals surface area contributed by atoms with E-state index in [1.54, 1.807) is 12.1 Å². The molecule has 2 aromatic carbocycles. The molecular formula is C18H20N2O3. The van der Waals surface area contributed by atoms with Gasteiger partial charge < -0.3 is 15.8 Å². The normalized spacial score (nSPS) is 13.0. The Bertz CT molecular complexity index is 644. The van der Waals surface area contributed by atoms with Crippen molar-refractivity contribution in [3.63, 3.8) is 0 Å². The van der Waals surface area contributed by atoms with E-state index in [1.807, 2.05) is 48.5 Å². The largest absolute Gasteiger partial charge is 0.467 e. The van der Waals surface area contributed by atoms with Gasteiger partial charge in [0, 0.05) is 6.42 Å². The van der Waals surface area contributed by atoms with Crippen molar-refractivity contribution in [3.05, 3.63) is 71.8 Å². The molecule has 0 aliphatic heterocycles. The third-order valence-corrected chi connectivity index (χ3v) is 3.53. The maximum absolute atomic E-state index is 12.3. The van der Waals surface area contributed by atoms with Gasteiger partial charge >= 0.3 is 5.97 Å². The maximum Gasteiger partial charge on any atom is 0.328 e. The number of ether oxygens (including phenoxy) is 1. The highest BCUT2D eigenvalue weighted by molar-refractivity contribution is 5.88. The van der Waals surface area contributed by atoms with Gasteiger partial charge in [-0.15, -0.1) is 0 Å². The van der Waals surface area contributed by atoms with E-state index in [4.69, 9.17) is 10.5 Å². The first kappa shape index (κ1) is 16.7. The number of hydrogen-bond acceptors (Lipinski definition) is 4. The monoisotopic (exact) mass is 312 g/mol. The number of nitrogens with one attached hydrogen (secondary N) is 1. The number of rotatable bonds is 6. The van der Waals surface area contributed by atoms with Crippen LogP contribution in [0.1, 0.15) is 17.2 Å². The minimum atomic E-state index is -0.834. The Hall–Kier alpha value is -2.66. The number of benzene rings is 2. The molecule has 0 heterocycles. The molecule has 0 aliphatic carbocycles. The van der Waals surface area contributed by atoms with Crippen LogP contribution in [-0.2, 0) is 20.7 Å². The summed E-state index contributed by atoms with van der Waals surface area (Å²) in [6, 6.07) is 16.8. The number of carbonyl (C=O) groups excluding carboxylic acids is 2. The quantitative estimate of drug-likeness (QED) is 0.794. The molecule has 0 spiro atoms. The molecule has 0 fully saturated rings. The van der Waals surface area contributed by atoms with Crippen molar-refractivity contribution < 1.29 is 14.3 Å². The fourth-order valence-electron chi connectivity index (χ4n) is 2.26. The van der Waals surface area contributed by atoms with Crippen molar-refractivity contribution in [1.82, 2.24) is 5.32 Å². The van der Waals surface area contributed by atoms with Gasteiger partial charge in [0.05, 0.1) is 7.11 Å². The molecule has 2 rings (SSSR count). The summed E-state index contributed by atoms with van der Waals surface area (Å²) in [7, 11) is 1.30. The van der Waals surface area contributed by atoms with Crippen LogP contribution in [0.4, 0.5) is 0 Å². The summed E-state index contributed by atoms with van der Waals surface area (Å²) in [5.41, 5.74) is 7.57. The first-order valence-corrected chi connectivity index (χ1v) is 7.34. The fraction of sp³-hybridized carbons (Fsp3) is 0.222. The van der Waals surface area contributed by atoms with E-state index in [2.05, 4.69) is 5.32 Å². The van der Waals surface area contributed by atoms with E-state index in [0.29, 0.717) is 12.0 Å². The number of amides is 1. The van der Waals surface area contributed by atoms with Crippen LogP contribution >= 0.6 is 0 Å². The first-order chi connectivity index (χ1) is 11.1. The lowest BCUT2D eigenvalue weighted by Crippen LogP contribution is -2.46. The Morgan fingerprint density at radius 2 is 1.61 bits per heavy atom. The van der Waals surface area contributed by atoms with Crippen molar-refractivity contribution in [1.29, 1.82) is 0 Å². The summed E-state index contributed by atoms with van der Waals surface area (Å²) in [6.07, 6.45) is 0.348. The van der Waals surface area contributed by atoms with Gasteiger partial charge in [0.15, 0.2) is 0 Å². The highest BCUT2D eigenvalue weighted by Crippen LogP contribution is 2.11. The van der Waals surface area contributed by atoms with E-state index >= 15 is 0 Å². The topological polar surface area (TPSA) is 81.4 Å². The summed E-state index contributed by atoms with van der Waals surface area (Å²) in [4.78, 5) is 24.3. The van der Waals surface area contributed by atoms with Crippen LogP contribution in [0.3, 0.4) is 0 Å². The summed E-state index contributed by atoms with van der Waals surface area (Å²) in [5, 5.41) is 2.68. The van der Waals surface area contributed by atoms with E-state index in [1.165, 1.54) is 7.11 Å². The average Bonchev–Trinajstić information content (AvgIpc) is 2.61. The van der Waals surface area contributed by atoms with E-state index in [0.717, 1.165) is 5.56 Å². The fourth-order valence-corrected chi connectivity index (χ4v) is 2.26. The molecule has 0 aliphatic rings. The molecule has 2 aromatic rings. The molecule has 0 saturated carbocycles. The third-order valence-electron chi connectivity index (χ3n) is 3.53. The van der Waals surface area contributed by atoms with Gasteiger partial charge in [-0.3, -0.25) is 4.79 Å². The van der Waals surface area contributed by atoms with Gasteiger partial charge in [-0.05, 0) is 11.1 Å². The molecule has 0 bridgehead atoms. The van der Waals surface area contributed by atoms with Crippen LogP contribution in [0.25, 0.3) is 0 Å². The van der Waals surface area contributed by atoms with Gasteiger partial charge in [0.1, 0.15) is 12.1 Å². The maximum atomic E-state index is 12.3. The number of carbonyl (C=O) groups is 2. The van der Waals surface area contributed by atoms with Crippen LogP contribution in [0.2, 0.25) is 0 Å². The Kier molecular flexibility index (Phi) is 5.88. The van der Waals surface area contributed by atoms with Gasteiger partial charge in [0.25, 0.3) is 0 Å². The van der Waals surface area contributed by atoms with E-state index in [-0.39, 0.29) is 0 Å². The minimum Gasteiger partial charge on any atom is -0.467 e. The number of esters is 1. The Morgan fingerprint density at radius 3 is 2.17 bits per heavy atom. The van der Waals surface area contributed by atoms with E-state index < -0.39 is 24.0 Å². The van der Waals surface area contributed by atoms with Gasteiger partial charge in [-0.2, -0.15) is 0 Å². The van der Waals surface area contributed by atoms with Crippen LogP contribution in [0.5, 0.6) is 0 Å². The summed E-state index contributed by atoms with van der Waals surface area (Å²) >= 11 is 0. The van der Waals surface area contributed by atoms with Crippen molar-refractivity contribution in [2.75, 3.05) is 7.11 Å². The smallest absolute Gasteiger partial charge is 0.328 e. The molecule has 0 radical (unpaired) electrons. The Labute approximate surface area is 135 Å². The molecule has 1 amide bonds. The second-order valence-corrected chi connectivity index (χ2v) is 5.16. The number of methoxy groups -OCH3 is 1. The molecule has 0 saturated heterocycles. The van der Waals surface area contributed by atoms with Crippen molar-refractivity contribution in [2.45, 2.75) is 18.5 Å². The lowest BCUT2D eigenvalue weighted by Gasteiger charge is -2.19. The molecule has 5 heteroatoms. The van der Waals surface area contributed by atoms with Crippen molar-refractivity contribution >= 4 is 11.9 Å². The summed E-state index contributed by atoms with van der Waals surface area (Å²) in [5.74, 6) is -0.912. The predicted octanol–water partition coefficient (Wildman–Crippen LogP) is 1.59. The molecule has 0 aromatic heterocycles. The number of hydrogen-bond donors (Lipinski definition) is 2. The van der Waals surface area contributed by atoms with Crippen molar-refractivity contribution in [2.24, 2.45) is 5.73 Å². The second kappa shape index (κ2) is 8.10. The van der Waals surface area contributed by atoms with Gasteiger partial charge in [-0.1, -0.05) is 60.7 Å². The zero-order valence-corrected chi connectivity index (χ0v) is 12.9. The summed E-state index contributed by atoms with van der Waals surface area (Å²) < 4.78 is 4.78. The first-order valence-electron chi connectivity index (χ1n) is 7.34. The highest BCUT2D eigenvalue weighted by atomic mass is 16.5. The standard InChI is InChI=1S/C18H20N2O3/c1-23-18(22)15(12-13-8-4-2-5-9-13)20-17(21)16(19)14-10-6-3-7-11-14/h2-11,15-16H,12,19H2,1H3,(H,20,21)/t15-,16-/m0/s1. The molecular weight excluding hydrogens is 292 g/mol. The molecule has 0 unspecified atom stereocenters. The lowest BCUT2D eigenvalue weighted by atomic mass is 10.0. The zero-order valence-electron chi connectivity index (χ0n) is 12.9. The second-order valence-electron chi connectivity index (χ2n) is 5.16. The Balaban J connectivity index is 2.08. The summed E-state index contributed by atoms with van der Waals surface area (Å²) in [6.45, 7) is 0. The number of nitrogens with two attached hydrogens (primary N) is 1. The molecule has 2 atom stereocenters. The van der Waals surface area contributed by atoms with Gasteiger partial charge in [-0.25, -0.2) is 4.79 Å². The lowest BCUT2D eigenvalue weighted by molar-refractivity contribution is -0.145. The Morgan fingerprint density at radius 1 is 1.04 bits per heavy atom. The van der Waals surface area contributed by atoms with Gasteiger partial charge in [0.2, 0.25) is 5.91 Å². The predicted molar refractivity (Wildman–Crippen MR) is 87.5 cm³/mol. The zero-order chi connectivity index (χ0) is 16.7. The molecule has 23 heavy (non-hydrogen) atoms. The van der Waals surface area contributed by atoms with Crippen LogP contribution in [0.15, 0.2) is 60.7 Å². The average molecular weight is 312 g/mol.